The quantitative estimate of drug-likeness (QED) is 0.899. The maximum Gasteiger partial charge on any atom is 0.317 e. The van der Waals surface area contributed by atoms with Gasteiger partial charge in [-0.05, 0) is 32.4 Å². The second kappa shape index (κ2) is 5.47. The van der Waals surface area contributed by atoms with Crippen LogP contribution in [0.1, 0.15) is 26.3 Å². The van der Waals surface area contributed by atoms with E-state index in [1.165, 1.54) is 0 Å². The highest BCUT2D eigenvalue weighted by Crippen LogP contribution is 2.21. The molecule has 94 valence electrons. The molecule has 0 aliphatic rings. The molecular formula is C12H17ClN2O2. The van der Waals surface area contributed by atoms with Gasteiger partial charge < -0.3 is 5.11 Å². The molecule has 0 radical (unpaired) electrons. The molecule has 1 heterocycles. The summed E-state index contributed by atoms with van der Waals surface area (Å²) in [4.78, 5) is 16.6. The maximum absolute atomic E-state index is 10.8. The monoisotopic (exact) mass is 256 g/mol. The summed E-state index contributed by atoms with van der Waals surface area (Å²) in [5.41, 5.74) is 0.656. The summed E-state index contributed by atoms with van der Waals surface area (Å²) in [7, 11) is 0. The van der Waals surface area contributed by atoms with Crippen LogP contribution >= 0.6 is 11.6 Å². The van der Waals surface area contributed by atoms with E-state index in [1.54, 1.807) is 12.4 Å². The van der Waals surface area contributed by atoms with Gasteiger partial charge in [0.15, 0.2) is 0 Å². The van der Waals surface area contributed by atoms with Gasteiger partial charge in [-0.15, -0.1) is 0 Å². The van der Waals surface area contributed by atoms with Crippen LogP contribution in [-0.2, 0) is 11.3 Å². The van der Waals surface area contributed by atoms with Crippen molar-refractivity contribution in [1.29, 1.82) is 0 Å². The molecule has 0 fully saturated rings. The van der Waals surface area contributed by atoms with E-state index >= 15 is 0 Å². The van der Waals surface area contributed by atoms with Gasteiger partial charge >= 0.3 is 5.97 Å². The Bertz CT molecular complexity index is 402. The Morgan fingerprint density at radius 1 is 1.53 bits per heavy atom. The van der Waals surface area contributed by atoms with Crippen molar-refractivity contribution >= 4 is 17.6 Å². The van der Waals surface area contributed by atoms with E-state index < -0.39 is 5.97 Å². The van der Waals surface area contributed by atoms with Crippen molar-refractivity contribution in [2.75, 3.05) is 6.54 Å². The summed E-state index contributed by atoms with van der Waals surface area (Å²) in [6.07, 6.45) is 3.22. The SMILES string of the molecule is CC(C)(C)N(CC(=O)O)Cc1ccncc1Cl. The first-order chi connectivity index (χ1) is 7.80. The Labute approximate surface area is 106 Å². The molecule has 5 heteroatoms. The fraction of sp³-hybridized carbons (Fsp3) is 0.500. The van der Waals surface area contributed by atoms with Gasteiger partial charge in [-0.25, -0.2) is 0 Å². The van der Waals surface area contributed by atoms with E-state index in [0.717, 1.165) is 5.56 Å². The van der Waals surface area contributed by atoms with E-state index in [4.69, 9.17) is 16.7 Å². The van der Waals surface area contributed by atoms with E-state index in [9.17, 15) is 4.79 Å². The van der Waals surface area contributed by atoms with E-state index in [2.05, 4.69) is 4.98 Å². The predicted molar refractivity (Wildman–Crippen MR) is 67.0 cm³/mol. The number of hydrogen-bond donors (Lipinski definition) is 1. The number of hydrogen-bond acceptors (Lipinski definition) is 3. The molecule has 0 saturated heterocycles. The van der Waals surface area contributed by atoms with E-state index in [1.807, 2.05) is 31.7 Å². The van der Waals surface area contributed by atoms with E-state index in [-0.39, 0.29) is 12.1 Å². The molecule has 0 bridgehead atoms. The van der Waals surface area contributed by atoms with Gasteiger partial charge in [0.2, 0.25) is 0 Å². The van der Waals surface area contributed by atoms with E-state index in [0.29, 0.717) is 11.6 Å². The molecule has 17 heavy (non-hydrogen) atoms. The first-order valence-corrected chi connectivity index (χ1v) is 5.73. The second-order valence-corrected chi connectivity index (χ2v) is 5.29. The summed E-state index contributed by atoms with van der Waals surface area (Å²) in [6, 6.07) is 1.81. The number of halogens is 1. The molecule has 0 aromatic carbocycles. The number of pyridine rings is 1. The zero-order valence-electron chi connectivity index (χ0n) is 10.3. The Kier molecular flexibility index (Phi) is 4.48. The van der Waals surface area contributed by atoms with Crippen molar-refractivity contribution in [1.82, 2.24) is 9.88 Å². The topological polar surface area (TPSA) is 53.4 Å². The van der Waals surface area contributed by atoms with Gasteiger partial charge in [-0.3, -0.25) is 14.7 Å². The number of nitrogens with zero attached hydrogens (tertiary/aromatic N) is 2. The molecule has 1 aromatic rings. The lowest BCUT2D eigenvalue weighted by Gasteiger charge is -2.34. The lowest BCUT2D eigenvalue weighted by atomic mass is 10.0. The van der Waals surface area contributed by atoms with Crippen molar-refractivity contribution in [2.45, 2.75) is 32.9 Å². The molecule has 0 atom stereocenters. The van der Waals surface area contributed by atoms with Crippen LogP contribution in [0.25, 0.3) is 0 Å². The second-order valence-electron chi connectivity index (χ2n) is 4.89. The highest BCUT2D eigenvalue weighted by molar-refractivity contribution is 6.31. The van der Waals surface area contributed by atoms with Gasteiger partial charge in [-0.2, -0.15) is 0 Å². The average molecular weight is 257 g/mol. The minimum Gasteiger partial charge on any atom is -0.480 e. The van der Waals surface area contributed by atoms with Crippen molar-refractivity contribution in [3.8, 4) is 0 Å². The highest BCUT2D eigenvalue weighted by atomic mass is 35.5. The van der Waals surface area contributed by atoms with Crippen molar-refractivity contribution in [2.24, 2.45) is 0 Å². The molecular weight excluding hydrogens is 240 g/mol. The van der Waals surface area contributed by atoms with Gasteiger partial charge in [0.25, 0.3) is 0 Å². The average Bonchev–Trinajstić information content (AvgIpc) is 2.18. The summed E-state index contributed by atoms with van der Waals surface area (Å²) in [5, 5.41) is 9.47. The lowest BCUT2D eigenvalue weighted by molar-refractivity contribution is -0.139. The summed E-state index contributed by atoms with van der Waals surface area (Å²) in [5.74, 6) is -0.842. The predicted octanol–water partition coefficient (Wildman–Crippen LogP) is 2.42. The third kappa shape index (κ3) is 4.32. The Morgan fingerprint density at radius 2 is 2.18 bits per heavy atom. The molecule has 0 aliphatic heterocycles. The molecule has 1 aromatic heterocycles. The van der Waals surface area contributed by atoms with Crippen LogP contribution in [0.5, 0.6) is 0 Å². The molecule has 4 nitrogen and oxygen atoms in total. The summed E-state index contributed by atoms with van der Waals surface area (Å²) >= 11 is 6.02. The van der Waals surface area contributed by atoms with Crippen LogP contribution in [0.3, 0.4) is 0 Å². The van der Waals surface area contributed by atoms with Crippen molar-refractivity contribution in [3.63, 3.8) is 0 Å². The first-order valence-electron chi connectivity index (χ1n) is 5.36. The Morgan fingerprint density at radius 3 is 2.65 bits per heavy atom. The minimum atomic E-state index is -0.842. The Hall–Kier alpha value is -1.13. The zero-order valence-corrected chi connectivity index (χ0v) is 11.0. The number of carboxylic acids is 1. The smallest absolute Gasteiger partial charge is 0.317 e. The van der Waals surface area contributed by atoms with Gasteiger partial charge in [-0.1, -0.05) is 11.6 Å². The molecule has 0 spiro atoms. The fourth-order valence-corrected chi connectivity index (χ4v) is 1.61. The third-order valence-electron chi connectivity index (χ3n) is 2.49. The molecule has 1 rings (SSSR count). The van der Waals surface area contributed by atoms with Crippen LogP contribution < -0.4 is 0 Å². The fourth-order valence-electron chi connectivity index (χ4n) is 1.43. The van der Waals surface area contributed by atoms with Gasteiger partial charge in [0.05, 0.1) is 11.6 Å². The number of carbonyl (C=O) groups is 1. The normalized spacial score (nSPS) is 11.8. The van der Waals surface area contributed by atoms with Crippen molar-refractivity contribution in [3.05, 3.63) is 29.0 Å². The summed E-state index contributed by atoms with van der Waals surface area (Å²) < 4.78 is 0. The molecule has 0 amide bonds. The van der Waals surface area contributed by atoms with Crippen LogP contribution in [0, 0.1) is 0 Å². The zero-order chi connectivity index (χ0) is 13.1. The number of carboxylic acid groups (broad SMARTS) is 1. The maximum atomic E-state index is 10.8. The standard InChI is InChI=1S/C12H17ClN2O2/c1-12(2,3)15(8-11(16)17)7-9-4-5-14-6-10(9)13/h4-6H,7-8H2,1-3H3,(H,16,17). The summed E-state index contributed by atoms with van der Waals surface area (Å²) in [6.45, 7) is 6.42. The number of aliphatic carboxylic acids is 1. The lowest BCUT2D eigenvalue weighted by Crippen LogP contribution is -2.43. The van der Waals surface area contributed by atoms with Crippen molar-refractivity contribution < 1.29 is 9.90 Å². The minimum absolute atomic E-state index is 0.0118. The Balaban J connectivity index is 2.87. The van der Waals surface area contributed by atoms with Crippen LogP contribution in [0.2, 0.25) is 5.02 Å². The number of rotatable bonds is 4. The first kappa shape index (κ1) is 13.9. The van der Waals surface area contributed by atoms with Crippen LogP contribution in [-0.4, -0.2) is 33.0 Å². The third-order valence-corrected chi connectivity index (χ3v) is 2.83. The van der Waals surface area contributed by atoms with Gasteiger partial charge in [0, 0.05) is 24.5 Å². The van der Waals surface area contributed by atoms with Crippen LogP contribution in [0.15, 0.2) is 18.5 Å². The molecule has 0 aliphatic carbocycles. The molecule has 0 unspecified atom stereocenters. The van der Waals surface area contributed by atoms with Gasteiger partial charge in [0.1, 0.15) is 0 Å². The number of aromatic nitrogens is 1. The highest BCUT2D eigenvalue weighted by Gasteiger charge is 2.24. The van der Waals surface area contributed by atoms with Crippen LogP contribution in [0.4, 0.5) is 0 Å². The molecule has 0 saturated carbocycles. The largest absolute Gasteiger partial charge is 0.480 e. The molecule has 1 N–H and O–H groups in total.